The third-order valence-corrected chi connectivity index (χ3v) is 2.42. The van der Waals surface area contributed by atoms with Gasteiger partial charge in [-0.1, -0.05) is 0 Å². The number of hydrogen-bond acceptors (Lipinski definition) is 5. The smallest absolute Gasteiger partial charge is 0.309 e. The van der Waals surface area contributed by atoms with Gasteiger partial charge in [-0.15, -0.1) is 0 Å². The lowest BCUT2D eigenvalue weighted by atomic mass is 10.2. The fraction of sp³-hybridized carbons (Fsp3) is 0.909. The molecule has 0 aromatic rings. The molecule has 5 heteroatoms. The number of esters is 1. The SMILES string of the molecule is CC(C)(C)OC(=O)CC(N)N1CCNCC1. The number of nitrogens with two attached hydrogens (primary N) is 1. The van der Waals surface area contributed by atoms with Crippen molar-refractivity contribution in [2.45, 2.75) is 39.0 Å². The molecule has 1 saturated heterocycles. The molecular formula is C11H23N3O2. The van der Waals surface area contributed by atoms with Crippen LogP contribution < -0.4 is 11.1 Å². The normalized spacial score (nSPS) is 20.5. The third-order valence-electron chi connectivity index (χ3n) is 2.42. The number of carbonyl (C=O) groups excluding carboxylic acids is 1. The Hall–Kier alpha value is -0.650. The van der Waals surface area contributed by atoms with Crippen molar-refractivity contribution < 1.29 is 9.53 Å². The molecule has 0 aromatic carbocycles. The van der Waals surface area contributed by atoms with Gasteiger partial charge < -0.3 is 15.8 Å². The maximum absolute atomic E-state index is 11.6. The zero-order valence-corrected chi connectivity index (χ0v) is 10.5. The molecule has 5 nitrogen and oxygen atoms in total. The minimum Gasteiger partial charge on any atom is -0.460 e. The van der Waals surface area contributed by atoms with Gasteiger partial charge >= 0.3 is 5.97 Å². The van der Waals surface area contributed by atoms with Crippen molar-refractivity contribution in [3.8, 4) is 0 Å². The van der Waals surface area contributed by atoms with Crippen molar-refractivity contribution >= 4 is 5.97 Å². The van der Waals surface area contributed by atoms with Gasteiger partial charge in [0.15, 0.2) is 0 Å². The molecule has 0 aromatic heterocycles. The van der Waals surface area contributed by atoms with Gasteiger partial charge in [0.2, 0.25) is 0 Å². The van der Waals surface area contributed by atoms with Crippen LogP contribution in [0.25, 0.3) is 0 Å². The van der Waals surface area contributed by atoms with Gasteiger partial charge in [0.25, 0.3) is 0 Å². The summed E-state index contributed by atoms with van der Waals surface area (Å²) in [6.45, 7) is 9.24. The van der Waals surface area contributed by atoms with E-state index < -0.39 is 5.60 Å². The van der Waals surface area contributed by atoms with E-state index in [4.69, 9.17) is 10.5 Å². The highest BCUT2D eigenvalue weighted by Gasteiger charge is 2.23. The molecule has 16 heavy (non-hydrogen) atoms. The quantitative estimate of drug-likeness (QED) is 0.662. The van der Waals surface area contributed by atoms with Crippen LogP contribution in [0.4, 0.5) is 0 Å². The molecule has 0 saturated carbocycles. The molecule has 1 atom stereocenters. The molecular weight excluding hydrogens is 206 g/mol. The fourth-order valence-corrected chi connectivity index (χ4v) is 1.70. The van der Waals surface area contributed by atoms with Crippen LogP contribution in [-0.4, -0.2) is 48.8 Å². The van der Waals surface area contributed by atoms with Gasteiger partial charge in [-0.3, -0.25) is 9.69 Å². The predicted molar refractivity (Wildman–Crippen MR) is 62.9 cm³/mol. The molecule has 0 bridgehead atoms. The Bertz CT molecular complexity index is 232. The van der Waals surface area contributed by atoms with Crippen molar-refractivity contribution in [2.75, 3.05) is 26.2 Å². The van der Waals surface area contributed by atoms with Crippen molar-refractivity contribution in [1.82, 2.24) is 10.2 Å². The largest absolute Gasteiger partial charge is 0.460 e. The van der Waals surface area contributed by atoms with E-state index >= 15 is 0 Å². The molecule has 0 radical (unpaired) electrons. The first-order valence-corrected chi connectivity index (χ1v) is 5.81. The number of nitrogens with one attached hydrogen (secondary N) is 1. The summed E-state index contributed by atoms with van der Waals surface area (Å²) in [4.78, 5) is 13.7. The van der Waals surface area contributed by atoms with Crippen molar-refractivity contribution in [3.63, 3.8) is 0 Å². The summed E-state index contributed by atoms with van der Waals surface area (Å²) < 4.78 is 5.24. The van der Waals surface area contributed by atoms with E-state index in [2.05, 4.69) is 10.2 Å². The number of piperazine rings is 1. The second kappa shape index (κ2) is 5.61. The van der Waals surface area contributed by atoms with E-state index in [0.717, 1.165) is 26.2 Å². The monoisotopic (exact) mass is 229 g/mol. The maximum atomic E-state index is 11.6. The first-order chi connectivity index (χ1) is 7.38. The maximum Gasteiger partial charge on any atom is 0.309 e. The van der Waals surface area contributed by atoms with E-state index in [1.54, 1.807) is 0 Å². The molecule has 94 valence electrons. The van der Waals surface area contributed by atoms with E-state index in [1.807, 2.05) is 20.8 Å². The molecule has 0 aliphatic carbocycles. The molecule has 1 rings (SSSR count). The lowest BCUT2D eigenvalue weighted by molar-refractivity contribution is -0.156. The average molecular weight is 229 g/mol. The van der Waals surface area contributed by atoms with E-state index in [9.17, 15) is 4.79 Å². The second-order valence-corrected chi connectivity index (χ2v) is 5.14. The van der Waals surface area contributed by atoms with E-state index in [-0.39, 0.29) is 18.6 Å². The van der Waals surface area contributed by atoms with Gasteiger partial charge in [0.1, 0.15) is 5.60 Å². The van der Waals surface area contributed by atoms with Crippen molar-refractivity contribution in [3.05, 3.63) is 0 Å². The molecule has 0 spiro atoms. The minimum absolute atomic E-state index is 0.224. The highest BCUT2D eigenvalue weighted by atomic mass is 16.6. The summed E-state index contributed by atoms with van der Waals surface area (Å²) in [5.74, 6) is -0.224. The van der Waals surface area contributed by atoms with Gasteiger partial charge in [-0.05, 0) is 20.8 Å². The van der Waals surface area contributed by atoms with Crippen LogP contribution in [0.3, 0.4) is 0 Å². The van der Waals surface area contributed by atoms with Gasteiger partial charge in [0, 0.05) is 26.2 Å². The molecule has 1 fully saturated rings. The fourth-order valence-electron chi connectivity index (χ4n) is 1.70. The lowest BCUT2D eigenvalue weighted by Gasteiger charge is -2.32. The Morgan fingerprint density at radius 1 is 1.44 bits per heavy atom. The molecule has 1 unspecified atom stereocenters. The summed E-state index contributed by atoms with van der Waals surface area (Å²) in [6, 6.07) is 0. The van der Waals surface area contributed by atoms with E-state index in [1.165, 1.54) is 0 Å². The first-order valence-electron chi connectivity index (χ1n) is 5.81. The summed E-state index contributed by atoms with van der Waals surface area (Å²) in [5, 5.41) is 3.25. The molecule has 1 aliphatic rings. The van der Waals surface area contributed by atoms with E-state index in [0.29, 0.717) is 0 Å². The van der Waals surface area contributed by atoms with Crippen LogP contribution in [0.2, 0.25) is 0 Å². The standard InChI is InChI=1S/C11H23N3O2/c1-11(2,3)16-10(15)8-9(12)14-6-4-13-5-7-14/h9,13H,4-8,12H2,1-3H3. The average Bonchev–Trinajstić information content (AvgIpc) is 2.16. The Balaban J connectivity index is 2.32. The number of carbonyl (C=O) groups is 1. The van der Waals surface area contributed by atoms with Gasteiger partial charge in [-0.2, -0.15) is 0 Å². The zero-order valence-electron chi connectivity index (χ0n) is 10.5. The van der Waals surface area contributed by atoms with Crippen molar-refractivity contribution in [1.29, 1.82) is 0 Å². The summed E-state index contributed by atoms with van der Waals surface area (Å²) in [6.07, 6.45) is 0.0361. The predicted octanol–water partition coefficient (Wildman–Crippen LogP) is -0.0918. The lowest BCUT2D eigenvalue weighted by Crippen LogP contribution is -2.52. The first kappa shape index (κ1) is 13.4. The number of hydrogen-bond donors (Lipinski definition) is 2. The Kier molecular flexibility index (Phi) is 4.70. The number of ether oxygens (including phenoxy) is 1. The molecule has 0 amide bonds. The topological polar surface area (TPSA) is 67.6 Å². The van der Waals surface area contributed by atoms with Crippen LogP contribution in [-0.2, 0) is 9.53 Å². The van der Waals surface area contributed by atoms with Crippen LogP contribution in [0.5, 0.6) is 0 Å². The summed E-state index contributed by atoms with van der Waals surface area (Å²) >= 11 is 0. The third kappa shape index (κ3) is 4.92. The highest BCUT2D eigenvalue weighted by molar-refractivity contribution is 5.70. The second-order valence-electron chi connectivity index (χ2n) is 5.14. The number of rotatable bonds is 3. The zero-order chi connectivity index (χ0) is 12.2. The summed E-state index contributed by atoms with van der Waals surface area (Å²) in [7, 11) is 0. The van der Waals surface area contributed by atoms with Crippen molar-refractivity contribution in [2.24, 2.45) is 5.73 Å². The van der Waals surface area contributed by atoms with Crippen LogP contribution in [0.1, 0.15) is 27.2 Å². The van der Waals surface area contributed by atoms with Gasteiger partial charge in [0.05, 0.1) is 12.6 Å². The summed E-state index contributed by atoms with van der Waals surface area (Å²) in [5.41, 5.74) is 5.54. The van der Waals surface area contributed by atoms with Gasteiger partial charge in [-0.25, -0.2) is 0 Å². The molecule has 1 aliphatic heterocycles. The van der Waals surface area contributed by atoms with Crippen LogP contribution in [0.15, 0.2) is 0 Å². The highest BCUT2D eigenvalue weighted by Crippen LogP contribution is 2.10. The Morgan fingerprint density at radius 2 is 2.00 bits per heavy atom. The Morgan fingerprint density at radius 3 is 2.50 bits per heavy atom. The number of nitrogens with zero attached hydrogens (tertiary/aromatic N) is 1. The Labute approximate surface area is 97.3 Å². The molecule has 3 N–H and O–H groups in total. The molecule has 1 heterocycles. The van der Waals surface area contributed by atoms with Crippen LogP contribution >= 0.6 is 0 Å². The van der Waals surface area contributed by atoms with Crippen LogP contribution in [0, 0.1) is 0 Å². The minimum atomic E-state index is -0.430.